The molecule has 0 radical (unpaired) electrons. The highest BCUT2D eigenvalue weighted by atomic mass is 16.3. The number of aliphatic hydroxyl groups is 1. The van der Waals surface area contributed by atoms with Crippen LogP contribution in [0.5, 0.6) is 0 Å². The normalized spacial score (nSPS) is 27.2. The van der Waals surface area contributed by atoms with Crippen LogP contribution in [-0.4, -0.2) is 27.5 Å². The smallest absolute Gasteiger partial charge is 0.262 e. The third-order valence-electron chi connectivity index (χ3n) is 3.72. The maximum absolute atomic E-state index is 12.2. The molecule has 1 aromatic carbocycles. The van der Waals surface area contributed by atoms with Gasteiger partial charge in [-0.3, -0.25) is 4.79 Å². The maximum atomic E-state index is 12.2. The zero-order valence-corrected chi connectivity index (χ0v) is 10.8. The van der Waals surface area contributed by atoms with Crippen molar-refractivity contribution in [2.24, 2.45) is 0 Å². The molecule has 3 nitrogen and oxygen atoms in total. The zero-order valence-electron chi connectivity index (χ0n) is 10.8. The molecule has 0 aromatic heterocycles. The van der Waals surface area contributed by atoms with Crippen LogP contribution in [0.4, 0.5) is 0 Å². The van der Waals surface area contributed by atoms with Crippen molar-refractivity contribution >= 4 is 5.91 Å². The number of nitrogens with zero attached hydrogens (tertiary/aromatic N) is 1. The van der Waals surface area contributed by atoms with Gasteiger partial charge in [-0.25, -0.2) is 0 Å². The predicted molar refractivity (Wildman–Crippen MR) is 66.4 cm³/mol. The molecule has 1 N–H and O–H groups in total. The molecule has 1 atom stereocenters. The third kappa shape index (κ3) is 1.35. The Bertz CT molecular complexity index is 439. The third-order valence-corrected chi connectivity index (χ3v) is 3.72. The van der Waals surface area contributed by atoms with Crippen molar-refractivity contribution < 1.29 is 9.90 Å². The minimum absolute atomic E-state index is 0.0986. The number of hydrogen-bond donors (Lipinski definition) is 1. The first-order valence-corrected chi connectivity index (χ1v) is 5.95. The first-order chi connectivity index (χ1) is 7.83. The van der Waals surface area contributed by atoms with Gasteiger partial charge in [-0.05, 0) is 33.3 Å². The number of β-lactam (4-membered cyclic amide) rings is 1. The minimum Gasteiger partial charge on any atom is -0.374 e. The highest BCUT2D eigenvalue weighted by Crippen LogP contribution is 2.49. The van der Waals surface area contributed by atoms with E-state index in [1.54, 1.807) is 17.0 Å². The van der Waals surface area contributed by atoms with Crippen molar-refractivity contribution in [2.75, 3.05) is 0 Å². The van der Waals surface area contributed by atoms with Crippen LogP contribution in [0, 0.1) is 0 Å². The lowest BCUT2D eigenvalue weighted by atomic mass is 9.67. The molecule has 0 spiro atoms. The molecular formula is C14H19NO2. The largest absolute Gasteiger partial charge is 0.374 e. The van der Waals surface area contributed by atoms with Gasteiger partial charge >= 0.3 is 0 Å². The van der Waals surface area contributed by atoms with Crippen LogP contribution in [0.1, 0.15) is 33.3 Å². The van der Waals surface area contributed by atoms with E-state index in [1.165, 1.54) is 0 Å². The summed E-state index contributed by atoms with van der Waals surface area (Å²) in [5.41, 5.74) is -1.29. The molecule has 17 heavy (non-hydrogen) atoms. The van der Waals surface area contributed by atoms with E-state index in [2.05, 4.69) is 0 Å². The van der Waals surface area contributed by atoms with Crippen LogP contribution in [0.3, 0.4) is 0 Å². The van der Waals surface area contributed by atoms with Gasteiger partial charge < -0.3 is 10.0 Å². The summed E-state index contributed by atoms with van der Waals surface area (Å²) in [6.45, 7) is 7.73. The van der Waals surface area contributed by atoms with Gasteiger partial charge in [0.25, 0.3) is 5.91 Å². The molecule has 0 saturated carbocycles. The molecule has 1 saturated heterocycles. The molecule has 1 amide bonds. The Labute approximate surface area is 102 Å². The van der Waals surface area contributed by atoms with Gasteiger partial charge in [0.1, 0.15) is 0 Å². The molecule has 1 fully saturated rings. The minimum atomic E-state index is -1.39. The van der Waals surface area contributed by atoms with Gasteiger partial charge in [0.05, 0.1) is 5.54 Å². The topological polar surface area (TPSA) is 40.5 Å². The lowest BCUT2D eigenvalue weighted by molar-refractivity contribution is -0.221. The Balaban J connectivity index is 2.45. The van der Waals surface area contributed by atoms with Crippen LogP contribution in [0.2, 0.25) is 0 Å². The monoisotopic (exact) mass is 233 g/mol. The number of carbonyl (C=O) groups is 1. The lowest BCUT2D eigenvalue weighted by Crippen LogP contribution is -2.79. The van der Waals surface area contributed by atoms with E-state index in [4.69, 9.17) is 0 Å². The lowest BCUT2D eigenvalue weighted by Gasteiger charge is -2.61. The molecule has 1 unspecified atom stereocenters. The van der Waals surface area contributed by atoms with Gasteiger partial charge in [0.2, 0.25) is 0 Å². The fourth-order valence-corrected chi connectivity index (χ4v) is 2.85. The van der Waals surface area contributed by atoms with E-state index in [-0.39, 0.29) is 11.9 Å². The Morgan fingerprint density at radius 3 is 2.12 bits per heavy atom. The summed E-state index contributed by atoms with van der Waals surface area (Å²) in [4.78, 5) is 14.0. The summed E-state index contributed by atoms with van der Waals surface area (Å²) in [7, 11) is 0. The fourth-order valence-electron chi connectivity index (χ4n) is 2.85. The molecule has 0 aliphatic carbocycles. The van der Waals surface area contributed by atoms with Gasteiger partial charge in [-0.1, -0.05) is 30.3 Å². The van der Waals surface area contributed by atoms with E-state index in [0.717, 1.165) is 0 Å². The van der Waals surface area contributed by atoms with Crippen molar-refractivity contribution in [1.82, 2.24) is 4.90 Å². The number of rotatable bonds is 2. The van der Waals surface area contributed by atoms with Gasteiger partial charge in [-0.15, -0.1) is 0 Å². The molecule has 1 aliphatic heterocycles. The highest BCUT2D eigenvalue weighted by molar-refractivity contribution is 5.95. The van der Waals surface area contributed by atoms with Crippen LogP contribution in [0.25, 0.3) is 0 Å². The number of hydrogen-bond acceptors (Lipinski definition) is 2. The quantitative estimate of drug-likeness (QED) is 0.793. The summed E-state index contributed by atoms with van der Waals surface area (Å²) < 4.78 is 0. The molecule has 3 heteroatoms. The maximum Gasteiger partial charge on any atom is 0.262 e. The van der Waals surface area contributed by atoms with Crippen molar-refractivity contribution in [3.05, 3.63) is 35.9 Å². The Morgan fingerprint density at radius 2 is 1.71 bits per heavy atom. The van der Waals surface area contributed by atoms with Crippen LogP contribution in [-0.2, 0) is 10.4 Å². The summed E-state index contributed by atoms with van der Waals surface area (Å²) >= 11 is 0. The van der Waals surface area contributed by atoms with Crippen molar-refractivity contribution in [3.63, 3.8) is 0 Å². The van der Waals surface area contributed by atoms with Gasteiger partial charge in [0, 0.05) is 6.04 Å². The Hall–Kier alpha value is -1.35. The Morgan fingerprint density at radius 1 is 1.18 bits per heavy atom. The summed E-state index contributed by atoms with van der Waals surface area (Å²) in [5.74, 6) is -0.205. The molecule has 1 heterocycles. The average molecular weight is 233 g/mol. The average Bonchev–Trinajstić information content (AvgIpc) is 2.28. The second kappa shape index (κ2) is 3.57. The van der Waals surface area contributed by atoms with Crippen LogP contribution < -0.4 is 0 Å². The van der Waals surface area contributed by atoms with E-state index >= 15 is 0 Å². The van der Waals surface area contributed by atoms with Crippen molar-refractivity contribution in [3.8, 4) is 0 Å². The molecular weight excluding hydrogens is 214 g/mol. The standard InChI is InChI=1S/C14H19NO2/c1-10(2)15-12(16)14(17,13(15,3)4)11-8-6-5-7-9-11/h5-10,17H,1-4H3. The zero-order chi connectivity index (χ0) is 12.8. The van der Waals surface area contributed by atoms with Crippen molar-refractivity contribution in [1.29, 1.82) is 0 Å². The first kappa shape index (κ1) is 12.1. The number of likely N-dealkylation sites (tertiary alicyclic amines) is 1. The molecule has 0 bridgehead atoms. The van der Waals surface area contributed by atoms with Crippen LogP contribution in [0.15, 0.2) is 30.3 Å². The molecule has 2 rings (SSSR count). The second-order valence-corrected chi connectivity index (χ2v) is 5.40. The van der Waals surface area contributed by atoms with Gasteiger partial charge in [0.15, 0.2) is 5.60 Å². The summed E-state index contributed by atoms with van der Waals surface area (Å²) in [5, 5.41) is 10.7. The number of carbonyl (C=O) groups excluding carboxylic acids is 1. The molecule has 1 aromatic rings. The van der Waals surface area contributed by atoms with Gasteiger partial charge in [-0.2, -0.15) is 0 Å². The van der Waals surface area contributed by atoms with E-state index in [9.17, 15) is 9.90 Å². The fraction of sp³-hybridized carbons (Fsp3) is 0.500. The highest BCUT2D eigenvalue weighted by Gasteiger charge is 2.67. The summed E-state index contributed by atoms with van der Waals surface area (Å²) in [6, 6.07) is 9.27. The Kier molecular flexibility index (Phi) is 2.54. The first-order valence-electron chi connectivity index (χ1n) is 5.95. The van der Waals surface area contributed by atoms with E-state index in [0.29, 0.717) is 5.56 Å². The second-order valence-electron chi connectivity index (χ2n) is 5.40. The van der Waals surface area contributed by atoms with E-state index in [1.807, 2.05) is 45.9 Å². The SMILES string of the molecule is CC(C)N1C(=O)C(O)(c2ccccc2)C1(C)C. The molecule has 92 valence electrons. The number of benzene rings is 1. The van der Waals surface area contributed by atoms with Crippen LogP contribution >= 0.6 is 0 Å². The van der Waals surface area contributed by atoms with Crippen molar-refractivity contribution in [2.45, 2.75) is 44.9 Å². The summed E-state index contributed by atoms with van der Waals surface area (Å²) in [6.07, 6.45) is 0. The number of amides is 1. The predicted octanol–water partition coefficient (Wildman–Crippen LogP) is 1.90. The van der Waals surface area contributed by atoms with E-state index < -0.39 is 11.1 Å². The molecule has 1 aliphatic rings.